The molecule has 1 aromatic rings. The van der Waals surface area contributed by atoms with Gasteiger partial charge in [0.15, 0.2) is 5.75 Å². The Labute approximate surface area is 168 Å². The fourth-order valence-corrected chi connectivity index (χ4v) is 3.21. The number of morpholine rings is 1. The van der Waals surface area contributed by atoms with Gasteiger partial charge in [0.2, 0.25) is 0 Å². The number of carbonyl (C=O) groups is 2. The zero-order valence-corrected chi connectivity index (χ0v) is 16.7. The molecule has 0 aromatic heterocycles. The first-order chi connectivity index (χ1) is 13.4. The molecule has 3 amide bonds. The minimum atomic E-state index is -0.348. The first-order valence-electron chi connectivity index (χ1n) is 9.14. The molecule has 2 aliphatic rings. The molecule has 1 unspecified atom stereocenters. The highest BCUT2D eigenvalue weighted by atomic mass is 35.5. The summed E-state index contributed by atoms with van der Waals surface area (Å²) in [6.45, 7) is 7.48. The van der Waals surface area contributed by atoms with Crippen LogP contribution in [0.15, 0.2) is 23.3 Å². The van der Waals surface area contributed by atoms with Crippen LogP contribution in [0.25, 0.3) is 0 Å². The van der Waals surface area contributed by atoms with Crippen molar-refractivity contribution in [2.75, 3.05) is 39.4 Å². The summed E-state index contributed by atoms with van der Waals surface area (Å²) in [6.07, 6.45) is 0. The Hall–Kier alpha value is -2.36. The van der Waals surface area contributed by atoms with Gasteiger partial charge in [-0.25, -0.2) is 10.2 Å². The minimum Gasteiger partial charge on any atom is -0.379 e. The molecule has 9 nitrogen and oxygen atoms in total. The molecule has 10 heteroatoms. The van der Waals surface area contributed by atoms with Crippen LogP contribution >= 0.6 is 11.6 Å². The first kappa shape index (κ1) is 20.4. The van der Waals surface area contributed by atoms with Crippen molar-refractivity contribution in [3.8, 4) is 5.75 Å². The highest BCUT2D eigenvalue weighted by Gasteiger charge is 2.22. The van der Waals surface area contributed by atoms with Crippen LogP contribution in [0.5, 0.6) is 5.75 Å². The monoisotopic (exact) mass is 409 g/mol. The summed E-state index contributed by atoms with van der Waals surface area (Å²) in [7, 11) is 0. The van der Waals surface area contributed by atoms with Gasteiger partial charge < -0.3 is 14.9 Å². The SMILES string of the molecule is CC(=O)N(CCN1CCOCC1)Oc1ccc(C2=NNC(=O)NC2C)cc1Cl. The van der Waals surface area contributed by atoms with E-state index in [1.807, 2.05) is 6.92 Å². The Kier molecular flexibility index (Phi) is 6.71. The van der Waals surface area contributed by atoms with Gasteiger partial charge in [-0.1, -0.05) is 11.6 Å². The van der Waals surface area contributed by atoms with Crippen LogP contribution < -0.4 is 15.6 Å². The maximum absolute atomic E-state index is 12.0. The van der Waals surface area contributed by atoms with E-state index in [0.29, 0.717) is 42.8 Å². The van der Waals surface area contributed by atoms with Crippen molar-refractivity contribution in [2.24, 2.45) is 5.10 Å². The molecule has 1 atom stereocenters. The van der Waals surface area contributed by atoms with Crippen LogP contribution in [0.3, 0.4) is 0 Å². The Balaban J connectivity index is 1.66. The molecular weight excluding hydrogens is 386 g/mol. The van der Waals surface area contributed by atoms with Crippen LogP contribution in [0.4, 0.5) is 4.79 Å². The lowest BCUT2D eigenvalue weighted by molar-refractivity contribution is -0.155. The summed E-state index contributed by atoms with van der Waals surface area (Å²) in [5.74, 6) is 0.175. The van der Waals surface area contributed by atoms with Crippen LogP contribution in [-0.2, 0) is 9.53 Å². The fraction of sp³-hybridized carbons (Fsp3) is 0.500. The van der Waals surface area contributed by atoms with E-state index in [1.54, 1.807) is 18.2 Å². The molecule has 0 radical (unpaired) electrons. The average Bonchev–Trinajstić information content (AvgIpc) is 2.67. The van der Waals surface area contributed by atoms with Gasteiger partial charge in [0, 0.05) is 32.1 Å². The lowest BCUT2D eigenvalue weighted by atomic mass is 10.0. The van der Waals surface area contributed by atoms with Crippen molar-refractivity contribution in [3.63, 3.8) is 0 Å². The Morgan fingerprint density at radius 3 is 2.82 bits per heavy atom. The van der Waals surface area contributed by atoms with E-state index in [9.17, 15) is 9.59 Å². The van der Waals surface area contributed by atoms with Crippen molar-refractivity contribution in [3.05, 3.63) is 28.8 Å². The van der Waals surface area contributed by atoms with Gasteiger partial charge >= 0.3 is 6.03 Å². The lowest BCUT2D eigenvalue weighted by Crippen LogP contribution is -2.48. The quantitative estimate of drug-likeness (QED) is 0.689. The third-order valence-corrected chi connectivity index (χ3v) is 4.84. The van der Waals surface area contributed by atoms with E-state index in [-0.39, 0.29) is 18.0 Å². The van der Waals surface area contributed by atoms with Gasteiger partial charge in [-0.15, -0.1) is 0 Å². The van der Waals surface area contributed by atoms with Crippen LogP contribution in [0.2, 0.25) is 5.02 Å². The molecule has 1 saturated heterocycles. The summed E-state index contributed by atoms with van der Waals surface area (Å²) < 4.78 is 5.33. The molecule has 28 heavy (non-hydrogen) atoms. The van der Waals surface area contributed by atoms with Gasteiger partial charge in [0.1, 0.15) is 0 Å². The van der Waals surface area contributed by atoms with Crippen molar-refractivity contribution >= 4 is 29.3 Å². The number of rotatable bonds is 6. The number of hydrazone groups is 1. The molecule has 1 fully saturated rings. The fourth-order valence-electron chi connectivity index (χ4n) is 3.00. The molecule has 1 aromatic carbocycles. The number of urea groups is 1. The zero-order chi connectivity index (χ0) is 20.1. The van der Waals surface area contributed by atoms with Gasteiger partial charge in [-0.3, -0.25) is 9.69 Å². The minimum absolute atomic E-state index is 0.203. The standard InChI is InChI=1S/C18H24ClN5O4/c1-12-17(21-22-18(26)20-12)14-3-4-16(15(19)11-14)28-24(13(2)25)6-5-23-7-9-27-10-8-23/h3-4,11-12H,5-10H2,1-2H3,(H2,20,22,26). The number of nitrogens with one attached hydrogen (secondary N) is 2. The van der Waals surface area contributed by atoms with E-state index in [1.165, 1.54) is 12.0 Å². The molecule has 0 spiro atoms. The predicted octanol–water partition coefficient (Wildman–Crippen LogP) is 1.22. The van der Waals surface area contributed by atoms with Crippen molar-refractivity contribution < 1.29 is 19.2 Å². The third-order valence-electron chi connectivity index (χ3n) is 4.55. The summed E-state index contributed by atoms with van der Waals surface area (Å²) in [5.41, 5.74) is 3.79. The third kappa shape index (κ3) is 5.12. The average molecular weight is 410 g/mol. The van der Waals surface area contributed by atoms with Crippen molar-refractivity contribution in [2.45, 2.75) is 19.9 Å². The second-order valence-electron chi connectivity index (χ2n) is 6.62. The van der Waals surface area contributed by atoms with Crippen LogP contribution in [-0.4, -0.2) is 73.0 Å². The topological polar surface area (TPSA) is 95.5 Å². The van der Waals surface area contributed by atoms with Gasteiger partial charge in [0.25, 0.3) is 5.91 Å². The van der Waals surface area contributed by atoms with E-state index < -0.39 is 0 Å². The van der Waals surface area contributed by atoms with E-state index in [4.69, 9.17) is 21.2 Å². The predicted molar refractivity (Wildman–Crippen MR) is 104 cm³/mol. The summed E-state index contributed by atoms with van der Waals surface area (Å²) in [4.78, 5) is 31.2. The molecule has 0 saturated carbocycles. The highest BCUT2D eigenvalue weighted by molar-refractivity contribution is 6.32. The summed E-state index contributed by atoms with van der Waals surface area (Å²) in [6, 6.07) is 4.58. The number of hydroxylamine groups is 2. The summed E-state index contributed by atoms with van der Waals surface area (Å²) >= 11 is 6.37. The Bertz CT molecular complexity index is 766. The van der Waals surface area contributed by atoms with Gasteiger partial charge in [-0.05, 0) is 25.1 Å². The zero-order valence-electron chi connectivity index (χ0n) is 15.9. The van der Waals surface area contributed by atoms with Crippen molar-refractivity contribution in [1.82, 2.24) is 20.7 Å². The molecule has 2 N–H and O–H groups in total. The smallest absolute Gasteiger partial charge is 0.335 e. The largest absolute Gasteiger partial charge is 0.379 e. The number of halogens is 1. The summed E-state index contributed by atoms with van der Waals surface area (Å²) in [5, 5.41) is 8.47. The van der Waals surface area contributed by atoms with E-state index in [0.717, 1.165) is 18.7 Å². The molecule has 2 aliphatic heterocycles. The van der Waals surface area contributed by atoms with Crippen LogP contribution in [0, 0.1) is 0 Å². The molecule has 3 rings (SSSR count). The lowest BCUT2D eigenvalue weighted by Gasteiger charge is -2.29. The van der Waals surface area contributed by atoms with E-state index in [2.05, 4.69) is 20.7 Å². The highest BCUT2D eigenvalue weighted by Crippen LogP contribution is 2.27. The number of amides is 3. The van der Waals surface area contributed by atoms with Crippen molar-refractivity contribution in [1.29, 1.82) is 0 Å². The number of ether oxygens (including phenoxy) is 1. The second kappa shape index (κ2) is 9.22. The maximum Gasteiger partial charge on any atom is 0.335 e. The first-order valence-corrected chi connectivity index (χ1v) is 9.52. The maximum atomic E-state index is 12.0. The molecule has 0 bridgehead atoms. The molecule has 2 heterocycles. The number of carbonyl (C=O) groups excluding carboxylic acids is 2. The normalized spacial score (nSPS) is 20.0. The number of benzene rings is 1. The molecule has 0 aliphatic carbocycles. The number of hydrogen-bond acceptors (Lipinski definition) is 6. The molecule has 152 valence electrons. The Morgan fingerprint density at radius 2 is 2.18 bits per heavy atom. The second-order valence-corrected chi connectivity index (χ2v) is 7.02. The number of nitrogens with zero attached hydrogens (tertiary/aromatic N) is 3. The van der Waals surface area contributed by atoms with Crippen LogP contribution in [0.1, 0.15) is 19.4 Å². The number of hydrogen-bond donors (Lipinski definition) is 2. The molecular formula is C18H24ClN5O4. The van der Waals surface area contributed by atoms with E-state index >= 15 is 0 Å². The van der Waals surface area contributed by atoms with Gasteiger partial charge in [0.05, 0.1) is 36.5 Å². The Morgan fingerprint density at radius 1 is 1.43 bits per heavy atom. The van der Waals surface area contributed by atoms with Gasteiger partial charge in [-0.2, -0.15) is 10.2 Å².